The smallest absolute Gasteiger partial charge is 0.306 e. The van der Waals surface area contributed by atoms with E-state index in [1.807, 2.05) is 0 Å². The Balaban J connectivity index is 1.64. The van der Waals surface area contributed by atoms with Gasteiger partial charge >= 0.3 is 5.97 Å². The molecule has 0 aromatic heterocycles. The Labute approximate surface area is 386 Å². The molecule has 2 aliphatic rings. The Morgan fingerprint density at radius 3 is 1.50 bits per heavy atom. The first-order valence-corrected chi connectivity index (χ1v) is 25.4. The van der Waals surface area contributed by atoms with Crippen LogP contribution in [0, 0.1) is 0 Å². The van der Waals surface area contributed by atoms with E-state index in [2.05, 4.69) is 38.2 Å². The Kier molecular flexibility index (Phi) is 35.2. The Morgan fingerprint density at radius 1 is 0.516 bits per heavy atom. The van der Waals surface area contributed by atoms with E-state index in [4.69, 9.17) is 28.4 Å². The number of esters is 1. The molecule has 2 heterocycles. The van der Waals surface area contributed by atoms with Crippen LogP contribution < -0.4 is 0 Å². The average molecular weight is 917 g/mol. The number of aliphatic hydroxyl groups excluding tert-OH is 7. The lowest BCUT2D eigenvalue weighted by Crippen LogP contribution is -2.61. The lowest BCUT2D eigenvalue weighted by atomic mass is 9.98. The maximum absolute atomic E-state index is 12.8. The van der Waals surface area contributed by atoms with Crippen LogP contribution in [0.5, 0.6) is 0 Å². The highest BCUT2D eigenvalue weighted by Crippen LogP contribution is 2.26. The Morgan fingerprint density at radius 2 is 0.969 bits per heavy atom. The summed E-state index contributed by atoms with van der Waals surface area (Å²) in [5, 5.41) is 71.8. The number of aliphatic hydroxyl groups is 7. The molecule has 7 N–H and O–H groups in total. The van der Waals surface area contributed by atoms with Gasteiger partial charge in [0.15, 0.2) is 12.6 Å². The topological polar surface area (TPSA) is 214 Å². The summed E-state index contributed by atoms with van der Waals surface area (Å²) in [6.45, 7) is 3.61. The van der Waals surface area contributed by atoms with Crippen molar-refractivity contribution in [2.75, 3.05) is 33.0 Å². The van der Waals surface area contributed by atoms with Gasteiger partial charge in [-0.05, 0) is 44.9 Å². The van der Waals surface area contributed by atoms with Crippen molar-refractivity contribution in [2.24, 2.45) is 0 Å². The van der Waals surface area contributed by atoms with Crippen LogP contribution in [0.25, 0.3) is 0 Å². The van der Waals surface area contributed by atoms with Crippen molar-refractivity contribution in [3.05, 3.63) is 24.3 Å². The van der Waals surface area contributed by atoms with Crippen molar-refractivity contribution in [2.45, 2.75) is 255 Å². The molecule has 376 valence electrons. The summed E-state index contributed by atoms with van der Waals surface area (Å²) in [5.74, 6) is -0.385. The fraction of sp³-hybridized carbons (Fsp3) is 0.900. The molecule has 2 rings (SSSR count). The highest BCUT2D eigenvalue weighted by atomic mass is 16.7. The lowest BCUT2D eigenvalue weighted by Gasteiger charge is -2.42. The minimum Gasteiger partial charge on any atom is -0.457 e. The van der Waals surface area contributed by atoms with E-state index in [-0.39, 0.29) is 25.6 Å². The van der Waals surface area contributed by atoms with Gasteiger partial charge in [0.05, 0.1) is 26.4 Å². The van der Waals surface area contributed by atoms with Crippen LogP contribution in [-0.4, -0.2) is 142 Å². The van der Waals surface area contributed by atoms with Gasteiger partial charge in [0.25, 0.3) is 0 Å². The first kappa shape index (κ1) is 58.6. The van der Waals surface area contributed by atoms with Crippen molar-refractivity contribution in [3.8, 4) is 0 Å². The number of allylic oxidation sites excluding steroid dienone is 4. The molecule has 11 unspecified atom stereocenters. The van der Waals surface area contributed by atoms with Gasteiger partial charge in [-0.15, -0.1) is 0 Å². The molecular weight excluding hydrogens is 825 g/mol. The van der Waals surface area contributed by atoms with E-state index in [0.717, 1.165) is 51.4 Å². The van der Waals surface area contributed by atoms with Gasteiger partial charge in [0.1, 0.15) is 54.9 Å². The van der Waals surface area contributed by atoms with Gasteiger partial charge < -0.3 is 64.2 Å². The van der Waals surface area contributed by atoms with E-state index in [1.54, 1.807) is 0 Å². The fourth-order valence-electron chi connectivity index (χ4n) is 8.02. The van der Waals surface area contributed by atoms with Crippen molar-refractivity contribution >= 4 is 5.97 Å². The lowest BCUT2D eigenvalue weighted by molar-refractivity contribution is -0.332. The van der Waals surface area contributed by atoms with Crippen LogP contribution in [0.2, 0.25) is 0 Å². The second kappa shape index (κ2) is 38.4. The second-order valence-electron chi connectivity index (χ2n) is 18.0. The molecule has 2 saturated heterocycles. The summed E-state index contributed by atoms with van der Waals surface area (Å²) >= 11 is 0. The van der Waals surface area contributed by atoms with Gasteiger partial charge in [-0.3, -0.25) is 4.79 Å². The highest BCUT2D eigenvalue weighted by Gasteiger charge is 2.47. The number of rotatable bonds is 40. The normalized spacial score (nSPS) is 26.9. The molecule has 0 amide bonds. The Bertz CT molecular complexity index is 1160. The van der Waals surface area contributed by atoms with Crippen molar-refractivity contribution in [3.63, 3.8) is 0 Å². The monoisotopic (exact) mass is 917 g/mol. The molecular formula is C50H92O14. The van der Waals surface area contributed by atoms with Crippen LogP contribution in [0.3, 0.4) is 0 Å². The van der Waals surface area contributed by atoms with E-state index in [0.29, 0.717) is 13.0 Å². The average Bonchev–Trinajstić information content (AvgIpc) is 3.29. The van der Waals surface area contributed by atoms with Gasteiger partial charge in [-0.1, -0.05) is 160 Å². The summed E-state index contributed by atoms with van der Waals surface area (Å²) in [5.41, 5.74) is 0. The van der Waals surface area contributed by atoms with Gasteiger partial charge in [-0.25, -0.2) is 0 Å². The fourth-order valence-corrected chi connectivity index (χ4v) is 8.02. The predicted molar refractivity (Wildman–Crippen MR) is 247 cm³/mol. The van der Waals surface area contributed by atoms with E-state index in [1.165, 1.54) is 109 Å². The van der Waals surface area contributed by atoms with Crippen molar-refractivity contribution in [1.29, 1.82) is 0 Å². The second-order valence-corrected chi connectivity index (χ2v) is 18.0. The van der Waals surface area contributed by atoms with E-state index in [9.17, 15) is 40.5 Å². The molecule has 0 aromatic carbocycles. The minimum absolute atomic E-state index is 0.0630. The third-order valence-electron chi connectivity index (χ3n) is 12.2. The molecule has 0 aromatic rings. The molecule has 2 aliphatic heterocycles. The van der Waals surface area contributed by atoms with E-state index >= 15 is 0 Å². The summed E-state index contributed by atoms with van der Waals surface area (Å²) in [6, 6.07) is 0. The van der Waals surface area contributed by atoms with Gasteiger partial charge in [-0.2, -0.15) is 0 Å². The maximum atomic E-state index is 12.8. The molecule has 0 radical (unpaired) electrons. The predicted octanol–water partition coefficient (Wildman–Crippen LogP) is 7.24. The molecule has 0 spiro atoms. The third kappa shape index (κ3) is 26.1. The maximum Gasteiger partial charge on any atom is 0.306 e. The molecule has 11 atom stereocenters. The van der Waals surface area contributed by atoms with Crippen molar-refractivity contribution in [1.82, 2.24) is 0 Å². The van der Waals surface area contributed by atoms with Crippen LogP contribution >= 0.6 is 0 Å². The zero-order valence-electron chi connectivity index (χ0n) is 39.8. The molecule has 0 saturated carbocycles. The standard InChI is InChI=1S/C50H92O14/c1-3-5-7-9-11-12-13-14-15-16-17-18-19-20-21-22-23-24-25-26-27-28-30-32-34-59-36-39(62-42(52)33-31-29-10-8-6-4-2)37-60-49-48(58)46(56)44(54)41(64-49)38-61-50-47(57)45(55)43(53)40(35-51)63-50/h13-14,16-17,39-41,43-51,53-58H,3-12,15,18-38H2,1-2H3/b14-13-,17-16-. The number of hydrogen-bond acceptors (Lipinski definition) is 14. The largest absolute Gasteiger partial charge is 0.457 e. The zero-order chi connectivity index (χ0) is 46.6. The first-order chi connectivity index (χ1) is 31.1. The van der Waals surface area contributed by atoms with Gasteiger partial charge in [0.2, 0.25) is 0 Å². The molecule has 0 bridgehead atoms. The molecule has 2 fully saturated rings. The number of unbranched alkanes of at least 4 members (excludes halogenated alkanes) is 22. The zero-order valence-corrected chi connectivity index (χ0v) is 39.8. The number of hydrogen-bond donors (Lipinski definition) is 7. The number of ether oxygens (including phenoxy) is 6. The molecule has 14 heteroatoms. The summed E-state index contributed by atoms with van der Waals surface area (Å²) in [7, 11) is 0. The number of carbonyl (C=O) groups excluding carboxylic acids is 1. The SMILES string of the molecule is CCCCCCC/C=C\C/C=C\CCCCCCCCCCCCCCOCC(COC1OC(COC2OC(CO)C(O)C(O)C2O)C(O)C(O)C1O)OC(=O)CCCCCCCC. The van der Waals surface area contributed by atoms with Crippen LogP contribution in [0.1, 0.15) is 187 Å². The van der Waals surface area contributed by atoms with Crippen LogP contribution in [0.4, 0.5) is 0 Å². The highest BCUT2D eigenvalue weighted by molar-refractivity contribution is 5.69. The summed E-state index contributed by atoms with van der Waals surface area (Å²) in [4.78, 5) is 12.8. The summed E-state index contributed by atoms with van der Waals surface area (Å²) < 4.78 is 34.1. The quantitative estimate of drug-likeness (QED) is 0.0184. The van der Waals surface area contributed by atoms with Gasteiger partial charge in [0, 0.05) is 13.0 Å². The molecule has 14 nitrogen and oxygen atoms in total. The van der Waals surface area contributed by atoms with Crippen LogP contribution in [0.15, 0.2) is 24.3 Å². The summed E-state index contributed by atoms with van der Waals surface area (Å²) in [6.07, 6.45) is 24.4. The van der Waals surface area contributed by atoms with Crippen molar-refractivity contribution < 1.29 is 69.0 Å². The van der Waals surface area contributed by atoms with E-state index < -0.39 is 80.7 Å². The molecule has 64 heavy (non-hydrogen) atoms. The number of carbonyl (C=O) groups is 1. The Hall–Kier alpha value is -1.53. The first-order valence-electron chi connectivity index (χ1n) is 25.4. The van der Waals surface area contributed by atoms with Crippen LogP contribution in [-0.2, 0) is 33.2 Å². The third-order valence-corrected chi connectivity index (χ3v) is 12.2. The minimum atomic E-state index is -1.70. The molecule has 0 aliphatic carbocycles.